The maximum atomic E-state index is 11.3. The number of halogens is 2. The van der Waals surface area contributed by atoms with Gasteiger partial charge in [0.2, 0.25) is 10.0 Å². The summed E-state index contributed by atoms with van der Waals surface area (Å²) in [5.41, 5.74) is 1.93. The number of sulfonamides is 1. The van der Waals surface area contributed by atoms with Crippen molar-refractivity contribution in [2.45, 2.75) is 17.9 Å². The van der Waals surface area contributed by atoms with Crippen LogP contribution in [0.25, 0.3) is 0 Å². The Kier molecular flexibility index (Phi) is 5.08. The standard InChI is InChI=1S/C14H14Br2N2O2S/c1-9(10-2-4-11(15)5-3-10)18-14-7-6-12(8-13(14)16)21(17,19)20/h2-9,18H,1H3,(H2,17,19,20). The molecule has 0 bridgehead atoms. The van der Waals surface area contributed by atoms with Crippen LogP contribution in [0.3, 0.4) is 0 Å². The molecule has 2 aromatic rings. The quantitative estimate of drug-likeness (QED) is 0.764. The van der Waals surface area contributed by atoms with Crippen molar-refractivity contribution in [2.24, 2.45) is 5.14 Å². The molecule has 2 aromatic carbocycles. The fraction of sp³-hybridized carbons (Fsp3) is 0.143. The third-order valence-electron chi connectivity index (χ3n) is 3.01. The van der Waals surface area contributed by atoms with E-state index in [1.807, 2.05) is 31.2 Å². The molecule has 112 valence electrons. The molecule has 3 N–H and O–H groups in total. The van der Waals surface area contributed by atoms with Crippen molar-refractivity contribution in [3.8, 4) is 0 Å². The molecule has 0 aromatic heterocycles. The molecule has 0 aliphatic rings. The van der Waals surface area contributed by atoms with Crippen LogP contribution in [0.5, 0.6) is 0 Å². The zero-order valence-electron chi connectivity index (χ0n) is 11.2. The summed E-state index contributed by atoms with van der Waals surface area (Å²) in [5, 5.41) is 8.44. The molecule has 2 rings (SSSR count). The van der Waals surface area contributed by atoms with Gasteiger partial charge in [0.1, 0.15) is 0 Å². The van der Waals surface area contributed by atoms with Gasteiger partial charge in [-0.2, -0.15) is 0 Å². The monoisotopic (exact) mass is 432 g/mol. The molecule has 1 atom stereocenters. The lowest BCUT2D eigenvalue weighted by Gasteiger charge is -2.17. The van der Waals surface area contributed by atoms with E-state index in [2.05, 4.69) is 37.2 Å². The van der Waals surface area contributed by atoms with Gasteiger partial charge in [0.15, 0.2) is 0 Å². The van der Waals surface area contributed by atoms with Crippen LogP contribution in [-0.2, 0) is 10.0 Å². The number of primary sulfonamides is 1. The largest absolute Gasteiger partial charge is 0.378 e. The number of anilines is 1. The molecular formula is C14H14Br2N2O2S. The molecule has 0 saturated heterocycles. The summed E-state index contributed by atoms with van der Waals surface area (Å²) in [7, 11) is -3.69. The Balaban J connectivity index is 2.22. The second-order valence-electron chi connectivity index (χ2n) is 4.60. The summed E-state index contributed by atoms with van der Waals surface area (Å²) in [6.07, 6.45) is 0. The zero-order valence-corrected chi connectivity index (χ0v) is 15.2. The van der Waals surface area contributed by atoms with E-state index in [0.29, 0.717) is 4.47 Å². The number of rotatable bonds is 4. The first-order chi connectivity index (χ1) is 9.77. The van der Waals surface area contributed by atoms with E-state index in [-0.39, 0.29) is 10.9 Å². The summed E-state index contributed by atoms with van der Waals surface area (Å²) >= 11 is 6.77. The van der Waals surface area contributed by atoms with E-state index in [0.717, 1.165) is 15.7 Å². The van der Waals surface area contributed by atoms with E-state index in [4.69, 9.17) is 5.14 Å². The number of nitrogens with one attached hydrogen (secondary N) is 1. The molecule has 0 aliphatic carbocycles. The fourth-order valence-electron chi connectivity index (χ4n) is 1.86. The second-order valence-corrected chi connectivity index (χ2v) is 7.94. The molecule has 0 amide bonds. The summed E-state index contributed by atoms with van der Waals surface area (Å²) in [4.78, 5) is 0.0798. The van der Waals surface area contributed by atoms with Gasteiger partial charge in [0.25, 0.3) is 0 Å². The molecule has 0 fully saturated rings. The first kappa shape index (κ1) is 16.5. The van der Waals surface area contributed by atoms with Crippen LogP contribution in [0.2, 0.25) is 0 Å². The van der Waals surface area contributed by atoms with Crippen LogP contribution in [0.4, 0.5) is 5.69 Å². The first-order valence-corrected chi connectivity index (χ1v) is 9.25. The van der Waals surface area contributed by atoms with Gasteiger partial charge in [-0.1, -0.05) is 28.1 Å². The lowest BCUT2D eigenvalue weighted by molar-refractivity contribution is 0.598. The van der Waals surface area contributed by atoms with Crippen LogP contribution in [-0.4, -0.2) is 8.42 Å². The topological polar surface area (TPSA) is 72.2 Å². The number of benzene rings is 2. The Morgan fingerprint density at radius 3 is 2.24 bits per heavy atom. The predicted octanol–water partition coefficient (Wildman–Crippen LogP) is 4.03. The zero-order chi connectivity index (χ0) is 15.6. The molecular weight excluding hydrogens is 420 g/mol. The highest BCUT2D eigenvalue weighted by Crippen LogP contribution is 2.29. The summed E-state index contributed by atoms with van der Waals surface area (Å²) in [5.74, 6) is 0. The summed E-state index contributed by atoms with van der Waals surface area (Å²) < 4.78 is 24.3. The summed E-state index contributed by atoms with van der Waals surface area (Å²) in [6, 6.07) is 12.7. The van der Waals surface area contributed by atoms with Crippen LogP contribution < -0.4 is 10.5 Å². The van der Waals surface area contributed by atoms with E-state index in [9.17, 15) is 8.42 Å². The van der Waals surface area contributed by atoms with Gasteiger partial charge in [0.05, 0.1) is 4.90 Å². The Hall–Kier alpha value is -0.890. The third-order valence-corrected chi connectivity index (χ3v) is 5.11. The number of hydrogen-bond donors (Lipinski definition) is 2. The first-order valence-electron chi connectivity index (χ1n) is 6.12. The molecule has 0 saturated carbocycles. The molecule has 4 nitrogen and oxygen atoms in total. The van der Waals surface area contributed by atoms with Gasteiger partial charge in [-0.15, -0.1) is 0 Å². The normalized spacial score (nSPS) is 13.0. The fourth-order valence-corrected chi connectivity index (χ4v) is 3.31. The van der Waals surface area contributed by atoms with Crippen molar-refractivity contribution in [2.75, 3.05) is 5.32 Å². The average Bonchev–Trinajstić information content (AvgIpc) is 2.40. The predicted molar refractivity (Wildman–Crippen MR) is 91.7 cm³/mol. The third kappa shape index (κ3) is 4.29. The SMILES string of the molecule is CC(Nc1ccc(S(N)(=O)=O)cc1Br)c1ccc(Br)cc1. The molecule has 0 radical (unpaired) electrons. The molecule has 0 heterocycles. The van der Waals surface area contributed by atoms with E-state index in [1.54, 1.807) is 6.07 Å². The van der Waals surface area contributed by atoms with Gasteiger partial charge in [-0.05, 0) is 58.7 Å². The maximum Gasteiger partial charge on any atom is 0.238 e. The van der Waals surface area contributed by atoms with Crippen molar-refractivity contribution in [1.29, 1.82) is 0 Å². The highest BCUT2D eigenvalue weighted by Gasteiger charge is 2.12. The lowest BCUT2D eigenvalue weighted by atomic mass is 10.1. The van der Waals surface area contributed by atoms with Gasteiger partial charge < -0.3 is 5.32 Å². The minimum atomic E-state index is -3.69. The van der Waals surface area contributed by atoms with Crippen LogP contribution in [0.1, 0.15) is 18.5 Å². The van der Waals surface area contributed by atoms with Crippen LogP contribution in [0.15, 0.2) is 56.3 Å². The summed E-state index contributed by atoms with van der Waals surface area (Å²) in [6.45, 7) is 2.03. The minimum Gasteiger partial charge on any atom is -0.378 e. The van der Waals surface area contributed by atoms with Gasteiger partial charge in [-0.3, -0.25) is 0 Å². The van der Waals surface area contributed by atoms with E-state index >= 15 is 0 Å². The number of hydrogen-bond acceptors (Lipinski definition) is 3. The maximum absolute atomic E-state index is 11.3. The van der Waals surface area contributed by atoms with Crippen molar-refractivity contribution >= 4 is 47.6 Å². The van der Waals surface area contributed by atoms with Crippen molar-refractivity contribution in [3.63, 3.8) is 0 Å². The van der Waals surface area contributed by atoms with E-state index in [1.165, 1.54) is 12.1 Å². The van der Waals surface area contributed by atoms with Crippen molar-refractivity contribution in [1.82, 2.24) is 0 Å². The van der Waals surface area contributed by atoms with Crippen LogP contribution in [0, 0.1) is 0 Å². The smallest absolute Gasteiger partial charge is 0.238 e. The lowest BCUT2D eigenvalue weighted by Crippen LogP contribution is -2.12. The van der Waals surface area contributed by atoms with Gasteiger partial charge in [-0.25, -0.2) is 13.6 Å². The van der Waals surface area contributed by atoms with Crippen LogP contribution >= 0.6 is 31.9 Å². The number of nitrogens with two attached hydrogens (primary N) is 1. The average molecular weight is 434 g/mol. The Morgan fingerprint density at radius 1 is 1.10 bits per heavy atom. The van der Waals surface area contributed by atoms with E-state index < -0.39 is 10.0 Å². The Morgan fingerprint density at radius 2 is 1.71 bits per heavy atom. The molecule has 0 spiro atoms. The Bertz CT molecular complexity index is 746. The van der Waals surface area contributed by atoms with Crippen molar-refractivity contribution < 1.29 is 8.42 Å². The van der Waals surface area contributed by atoms with Crippen molar-refractivity contribution in [3.05, 3.63) is 57.0 Å². The highest BCUT2D eigenvalue weighted by atomic mass is 79.9. The Labute approximate surface area is 141 Å². The van der Waals surface area contributed by atoms with Gasteiger partial charge >= 0.3 is 0 Å². The second kappa shape index (κ2) is 6.48. The van der Waals surface area contributed by atoms with Gasteiger partial charge in [0, 0.05) is 20.7 Å². The molecule has 21 heavy (non-hydrogen) atoms. The molecule has 7 heteroatoms. The highest BCUT2D eigenvalue weighted by molar-refractivity contribution is 9.10. The molecule has 1 unspecified atom stereocenters. The minimum absolute atomic E-state index is 0.0785. The molecule has 0 aliphatic heterocycles.